The predicted octanol–water partition coefficient (Wildman–Crippen LogP) is 3.66. The lowest BCUT2D eigenvalue weighted by Gasteiger charge is -2.35. The molecular weight excluding hydrogens is 398 g/mol. The van der Waals surface area contributed by atoms with Crippen LogP contribution in [0, 0.1) is 0 Å². The van der Waals surface area contributed by atoms with Crippen molar-refractivity contribution >= 4 is 17.5 Å². The Hall–Kier alpha value is -2.08. The van der Waals surface area contributed by atoms with E-state index in [1.807, 2.05) is 24.3 Å². The maximum absolute atomic E-state index is 13.1. The Kier molecular flexibility index (Phi) is 6.93. The van der Waals surface area contributed by atoms with Crippen molar-refractivity contribution in [1.82, 2.24) is 14.7 Å². The summed E-state index contributed by atoms with van der Waals surface area (Å²) in [5.74, 6) is 1.10. The topological polar surface area (TPSA) is 36.0 Å². The Labute approximate surface area is 184 Å². The first kappa shape index (κ1) is 21.2. The second kappa shape index (κ2) is 9.82. The van der Waals surface area contributed by atoms with Gasteiger partial charge in [-0.05, 0) is 48.2 Å². The van der Waals surface area contributed by atoms with Crippen LogP contribution >= 0.6 is 11.6 Å². The molecule has 160 valence electrons. The van der Waals surface area contributed by atoms with Crippen LogP contribution in [0.3, 0.4) is 0 Å². The fourth-order valence-electron chi connectivity index (χ4n) is 3.97. The van der Waals surface area contributed by atoms with Gasteiger partial charge in [0.05, 0.1) is 13.7 Å². The molecule has 0 unspecified atom stereocenters. The molecule has 0 radical (unpaired) electrons. The molecule has 6 heteroatoms. The van der Waals surface area contributed by atoms with Gasteiger partial charge >= 0.3 is 0 Å². The summed E-state index contributed by atoms with van der Waals surface area (Å²) >= 11 is 5.98. The Morgan fingerprint density at radius 3 is 2.17 bits per heavy atom. The number of benzene rings is 2. The highest BCUT2D eigenvalue weighted by Gasteiger charge is 2.33. The molecule has 0 atom stereocenters. The van der Waals surface area contributed by atoms with Crippen molar-refractivity contribution < 1.29 is 9.53 Å². The third kappa shape index (κ3) is 5.75. The summed E-state index contributed by atoms with van der Waals surface area (Å²) in [6.45, 7) is 5.96. The third-order valence-electron chi connectivity index (χ3n) is 5.96. The van der Waals surface area contributed by atoms with Crippen molar-refractivity contribution in [3.8, 4) is 5.75 Å². The van der Waals surface area contributed by atoms with E-state index >= 15 is 0 Å². The second-order valence-electron chi connectivity index (χ2n) is 8.28. The number of methoxy groups -OCH3 is 1. The normalized spacial score (nSPS) is 17.7. The van der Waals surface area contributed by atoms with Gasteiger partial charge in [-0.15, -0.1) is 0 Å². The van der Waals surface area contributed by atoms with E-state index in [1.54, 1.807) is 7.11 Å². The van der Waals surface area contributed by atoms with Gasteiger partial charge in [-0.25, -0.2) is 0 Å². The molecule has 5 nitrogen and oxygen atoms in total. The number of nitrogens with zero attached hydrogens (tertiary/aromatic N) is 3. The van der Waals surface area contributed by atoms with Crippen LogP contribution in [-0.4, -0.2) is 66.5 Å². The van der Waals surface area contributed by atoms with Gasteiger partial charge in [-0.2, -0.15) is 0 Å². The fraction of sp³-hybridized carbons (Fsp3) is 0.458. The number of piperazine rings is 1. The molecule has 1 saturated carbocycles. The first-order valence-corrected chi connectivity index (χ1v) is 11.1. The Bertz CT molecular complexity index is 829. The standard InChI is InChI=1S/C24H30ClN3O2/c1-30-23-10-4-20(5-11-23)17-28(22-8-9-22)24(29)18-27-14-12-26(13-15-27)16-19-2-6-21(25)7-3-19/h2-7,10-11,22H,8-9,12-18H2,1H3. The number of amides is 1. The highest BCUT2D eigenvalue weighted by Crippen LogP contribution is 2.29. The molecule has 1 saturated heterocycles. The zero-order valence-corrected chi connectivity index (χ0v) is 18.4. The third-order valence-corrected chi connectivity index (χ3v) is 6.22. The van der Waals surface area contributed by atoms with E-state index in [9.17, 15) is 4.79 Å². The molecule has 2 fully saturated rings. The van der Waals surface area contributed by atoms with Crippen LogP contribution in [0.4, 0.5) is 0 Å². The van der Waals surface area contributed by atoms with Gasteiger partial charge in [0, 0.05) is 50.3 Å². The molecule has 1 aliphatic carbocycles. The van der Waals surface area contributed by atoms with Crippen molar-refractivity contribution in [1.29, 1.82) is 0 Å². The summed E-state index contributed by atoms with van der Waals surface area (Å²) < 4.78 is 5.24. The van der Waals surface area contributed by atoms with Crippen LogP contribution in [0.15, 0.2) is 48.5 Å². The van der Waals surface area contributed by atoms with E-state index in [4.69, 9.17) is 16.3 Å². The number of hydrogen-bond donors (Lipinski definition) is 0. The maximum atomic E-state index is 13.1. The largest absolute Gasteiger partial charge is 0.497 e. The molecule has 2 aromatic carbocycles. The molecule has 0 bridgehead atoms. The molecule has 4 rings (SSSR count). The van der Waals surface area contributed by atoms with Gasteiger partial charge in [0.15, 0.2) is 0 Å². The first-order valence-electron chi connectivity index (χ1n) is 10.7. The van der Waals surface area contributed by atoms with Crippen LogP contribution in [0.1, 0.15) is 24.0 Å². The SMILES string of the molecule is COc1ccc(CN(C(=O)CN2CCN(Cc3ccc(Cl)cc3)CC2)C2CC2)cc1. The van der Waals surface area contributed by atoms with Crippen molar-refractivity contribution in [2.45, 2.75) is 32.0 Å². The molecule has 30 heavy (non-hydrogen) atoms. The number of carbonyl (C=O) groups excluding carboxylic acids is 1. The number of rotatable bonds is 8. The molecule has 1 heterocycles. The van der Waals surface area contributed by atoms with Gasteiger partial charge in [0.1, 0.15) is 5.75 Å². The van der Waals surface area contributed by atoms with Crippen LogP contribution in [0.2, 0.25) is 5.02 Å². The van der Waals surface area contributed by atoms with Crippen LogP contribution in [-0.2, 0) is 17.9 Å². The van der Waals surface area contributed by atoms with E-state index in [-0.39, 0.29) is 5.91 Å². The smallest absolute Gasteiger partial charge is 0.237 e. The number of halogens is 1. The monoisotopic (exact) mass is 427 g/mol. The van der Waals surface area contributed by atoms with E-state index in [2.05, 4.69) is 39.0 Å². The summed E-state index contributed by atoms with van der Waals surface area (Å²) in [7, 11) is 1.67. The van der Waals surface area contributed by atoms with Crippen molar-refractivity contribution in [3.63, 3.8) is 0 Å². The van der Waals surface area contributed by atoms with E-state index < -0.39 is 0 Å². The lowest BCUT2D eigenvalue weighted by molar-refractivity contribution is -0.134. The summed E-state index contributed by atoms with van der Waals surface area (Å²) in [6, 6.07) is 16.5. The zero-order valence-electron chi connectivity index (χ0n) is 17.6. The molecule has 1 aliphatic heterocycles. The second-order valence-corrected chi connectivity index (χ2v) is 8.72. The molecule has 0 spiro atoms. The van der Waals surface area contributed by atoms with Gasteiger partial charge in [0.25, 0.3) is 0 Å². The fourth-order valence-corrected chi connectivity index (χ4v) is 4.10. The summed E-state index contributed by atoms with van der Waals surface area (Å²) in [4.78, 5) is 19.9. The molecule has 1 amide bonds. The first-order chi connectivity index (χ1) is 14.6. The minimum atomic E-state index is 0.250. The Morgan fingerprint density at radius 1 is 0.967 bits per heavy atom. The lowest BCUT2D eigenvalue weighted by Crippen LogP contribution is -2.50. The highest BCUT2D eigenvalue weighted by atomic mass is 35.5. The molecule has 0 N–H and O–H groups in total. The Balaban J connectivity index is 1.26. The average molecular weight is 428 g/mol. The van der Waals surface area contributed by atoms with Crippen LogP contribution < -0.4 is 4.74 Å². The predicted molar refractivity (Wildman–Crippen MR) is 120 cm³/mol. The molecule has 2 aliphatic rings. The van der Waals surface area contributed by atoms with E-state index in [1.165, 1.54) is 5.56 Å². The average Bonchev–Trinajstić information content (AvgIpc) is 3.60. The van der Waals surface area contributed by atoms with Gasteiger partial charge in [-0.1, -0.05) is 35.9 Å². The van der Waals surface area contributed by atoms with Crippen molar-refractivity contribution in [2.75, 3.05) is 39.8 Å². The molecule has 2 aromatic rings. The van der Waals surface area contributed by atoms with Crippen LogP contribution in [0.25, 0.3) is 0 Å². The van der Waals surface area contributed by atoms with E-state index in [0.717, 1.165) is 61.9 Å². The zero-order chi connectivity index (χ0) is 20.9. The van der Waals surface area contributed by atoms with Gasteiger partial charge in [0.2, 0.25) is 5.91 Å². The minimum Gasteiger partial charge on any atom is -0.497 e. The summed E-state index contributed by atoms with van der Waals surface area (Å²) in [5.41, 5.74) is 2.44. The van der Waals surface area contributed by atoms with E-state index in [0.29, 0.717) is 19.1 Å². The number of carbonyl (C=O) groups is 1. The number of ether oxygens (including phenoxy) is 1. The lowest BCUT2D eigenvalue weighted by atomic mass is 10.2. The van der Waals surface area contributed by atoms with Crippen LogP contribution in [0.5, 0.6) is 5.75 Å². The molecule has 0 aromatic heterocycles. The highest BCUT2D eigenvalue weighted by molar-refractivity contribution is 6.30. The Morgan fingerprint density at radius 2 is 1.57 bits per heavy atom. The quantitative estimate of drug-likeness (QED) is 0.644. The summed E-state index contributed by atoms with van der Waals surface area (Å²) in [5, 5.41) is 0.775. The molecular formula is C24H30ClN3O2. The van der Waals surface area contributed by atoms with Gasteiger partial charge in [-0.3, -0.25) is 14.6 Å². The maximum Gasteiger partial charge on any atom is 0.237 e. The van der Waals surface area contributed by atoms with Crippen molar-refractivity contribution in [2.24, 2.45) is 0 Å². The van der Waals surface area contributed by atoms with Crippen molar-refractivity contribution in [3.05, 3.63) is 64.7 Å². The van der Waals surface area contributed by atoms with Gasteiger partial charge < -0.3 is 9.64 Å². The minimum absolute atomic E-state index is 0.250. The number of hydrogen-bond acceptors (Lipinski definition) is 4. The summed E-state index contributed by atoms with van der Waals surface area (Å²) in [6.07, 6.45) is 2.24.